The molecular formula is C28H51N5O4. The summed E-state index contributed by atoms with van der Waals surface area (Å²) >= 11 is 0. The van der Waals surface area contributed by atoms with Crippen molar-refractivity contribution in [3.8, 4) is 0 Å². The number of carbonyl (C=O) groups is 1. The van der Waals surface area contributed by atoms with Crippen LogP contribution in [0.5, 0.6) is 0 Å². The molecule has 0 amide bonds. The first-order chi connectivity index (χ1) is 18.0. The van der Waals surface area contributed by atoms with Gasteiger partial charge in [0.25, 0.3) is 5.56 Å². The fraction of sp³-hybridized carbons (Fsp3) is 0.821. The molecule has 1 aromatic rings. The second-order valence-corrected chi connectivity index (χ2v) is 10.5. The van der Waals surface area contributed by atoms with Crippen LogP contribution < -0.4 is 21.5 Å². The van der Waals surface area contributed by atoms with Crippen LogP contribution in [0, 0.1) is 5.92 Å². The Bertz CT molecular complexity index is 816. The number of aromatic nitrogens is 2. The van der Waals surface area contributed by atoms with Crippen LogP contribution in [0.25, 0.3) is 0 Å². The van der Waals surface area contributed by atoms with Gasteiger partial charge in [-0.1, -0.05) is 96.8 Å². The molecule has 2 rings (SSSR count). The maximum absolute atomic E-state index is 12.1. The summed E-state index contributed by atoms with van der Waals surface area (Å²) in [5, 5.41) is 12.8. The highest BCUT2D eigenvalue weighted by molar-refractivity contribution is 5.70. The Kier molecular flexibility index (Phi) is 15.8. The Balaban J connectivity index is 1.43. The molecule has 9 nitrogen and oxygen atoms in total. The van der Waals surface area contributed by atoms with E-state index in [0.717, 1.165) is 12.8 Å². The molecular weight excluding hydrogens is 470 g/mol. The van der Waals surface area contributed by atoms with Gasteiger partial charge < -0.3 is 25.8 Å². The molecule has 1 aliphatic rings. The first-order valence-corrected chi connectivity index (χ1v) is 14.7. The highest BCUT2D eigenvalue weighted by Crippen LogP contribution is 2.26. The molecule has 1 aromatic heterocycles. The van der Waals surface area contributed by atoms with Gasteiger partial charge in [-0.3, -0.25) is 14.6 Å². The van der Waals surface area contributed by atoms with Gasteiger partial charge in [-0.15, -0.1) is 0 Å². The Morgan fingerprint density at radius 1 is 1.00 bits per heavy atom. The fourth-order valence-electron chi connectivity index (χ4n) is 4.87. The van der Waals surface area contributed by atoms with Gasteiger partial charge in [0.1, 0.15) is 5.69 Å². The number of aliphatic hydroxyl groups excluding tert-OH is 1. The molecule has 5 N–H and O–H groups in total. The van der Waals surface area contributed by atoms with Crippen LogP contribution in [0.4, 0.5) is 17.5 Å². The highest BCUT2D eigenvalue weighted by Gasteiger charge is 2.26. The van der Waals surface area contributed by atoms with E-state index in [0.29, 0.717) is 37.6 Å². The van der Waals surface area contributed by atoms with Crippen LogP contribution >= 0.6 is 0 Å². The Morgan fingerprint density at radius 3 is 2.14 bits per heavy atom. The summed E-state index contributed by atoms with van der Waals surface area (Å²) in [6, 6.07) is 0. The Morgan fingerprint density at radius 2 is 1.57 bits per heavy atom. The van der Waals surface area contributed by atoms with E-state index < -0.39 is 0 Å². The zero-order valence-electron chi connectivity index (χ0n) is 23.1. The number of hydrogen-bond donors (Lipinski definition) is 4. The monoisotopic (exact) mass is 521 g/mol. The smallest absolute Gasteiger partial charge is 0.305 e. The molecule has 0 bridgehead atoms. The van der Waals surface area contributed by atoms with Crippen molar-refractivity contribution in [2.75, 3.05) is 42.4 Å². The lowest BCUT2D eigenvalue weighted by molar-refractivity contribution is -0.144. The van der Waals surface area contributed by atoms with Crippen LogP contribution in [0.1, 0.15) is 116 Å². The predicted molar refractivity (Wildman–Crippen MR) is 151 cm³/mol. The summed E-state index contributed by atoms with van der Waals surface area (Å²) in [6.07, 6.45) is 20.5. The molecule has 0 saturated carbocycles. The Labute approximate surface area is 223 Å². The van der Waals surface area contributed by atoms with Gasteiger partial charge in [0.2, 0.25) is 5.95 Å². The van der Waals surface area contributed by atoms with Crippen molar-refractivity contribution >= 4 is 23.4 Å². The number of hydrogen-bond acceptors (Lipinski definition) is 8. The summed E-state index contributed by atoms with van der Waals surface area (Å²) in [5.74, 6) is 0.282. The van der Waals surface area contributed by atoms with Crippen molar-refractivity contribution < 1.29 is 14.6 Å². The molecule has 9 heteroatoms. The largest absolute Gasteiger partial charge is 0.466 e. The standard InChI is InChI=1S/C28H51N5O4/c1-2-3-4-5-6-7-8-9-10-11-12-13-14-15-16-17-24(35)37-19-18-23(21-34)20-33-22-30-25-26(33)31-28(29)32-27(25)36/h23,30,34H,2-22H2,1H3,(H3,29,31,32,36). The van der Waals surface area contributed by atoms with Gasteiger partial charge in [0.05, 0.1) is 13.3 Å². The lowest BCUT2D eigenvalue weighted by atomic mass is 10.0. The van der Waals surface area contributed by atoms with E-state index in [9.17, 15) is 14.7 Å². The van der Waals surface area contributed by atoms with Crippen LogP contribution in [0.2, 0.25) is 0 Å². The predicted octanol–water partition coefficient (Wildman–Crippen LogP) is 5.34. The molecule has 0 saturated heterocycles. The lowest BCUT2D eigenvalue weighted by Crippen LogP contribution is -2.32. The summed E-state index contributed by atoms with van der Waals surface area (Å²) in [4.78, 5) is 32.6. The number of carbonyl (C=O) groups excluding carboxylic acids is 1. The van der Waals surface area contributed by atoms with Crippen molar-refractivity contribution in [2.24, 2.45) is 5.92 Å². The third-order valence-electron chi connectivity index (χ3n) is 7.18. The first kappa shape index (κ1) is 30.9. The molecule has 0 radical (unpaired) electrons. The number of aliphatic hydroxyl groups is 1. The van der Waals surface area contributed by atoms with Crippen molar-refractivity contribution in [2.45, 2.75) is 116 Å². The molecule has 212 valence electrons. The van der Waals surface area contributed by atoms with Crippen LogP contribution in [0.15, 0.2) is 4.79 Å². The van der Waals surface area contributed by atoms with Crippen molar-refractivity contribution in [1.29, 1.82) is 0 Å². The zero-order valence-corrected chi connectivity index (χ0v) is 23.1. The van der Waals surface area contributed by atoms with Crippen LogP contribution in [0.3, 0.4) is 0 Å². The van der Waals surface area contributed by atoms with Gasteiger partial charge >= 0.3 is 5.97 Å². The molecule has 1 atom stereocenters. The third kappa shape index (κ3) is 12.7. The second kappa shape index (κ2) is 18.9. The fourth-order valence-corrected chi connectivity index (χ4v) is 4.87. The molecule has 1 unspecified atom stereocenters. The topological polar surface area (TPSA) is 134 Å². The van der Waals surface area contributed by atoms with Gasteiger partial charge in [0, 0.05) is 25.5 Å². The van der Waals surface area contributed by atoms with Crippen molar-refractivity contribution in [3.05, 3.63) is 10.4 Å². The molecule has 0 fully saturated rings. The Hall–Kier alpha value is -2.29. The molecule has 0 aliphatic carbocycles. The number of nitrogens with zero attached hydrogens (tertiary/aromatic N) is 2. The van der Waals surface area contributed by atoms with Crippen LogP contribution in [-0.4, -0.2) is 47.5 Å². The second-order valence-electron chi connectivity index (χ2n) is 10.5. The number of fused-ring (bicyclic) bond motifs is 1. The van der Waals surface area contributed by atoms with Gasteiger partial charge in [-0.05, 0) is 12.8 Å². The van der Waals surface area contributed by atoms with E-state index >= 15 is 0 Å². The van der Waals surface area contributed by atoms with Gasteiger partial charge in [0.15, 0.2) is 5.82 Å². The molecule has 0 spiro atoms. The summed E-state index contributed by atoms with van der Waals surface area (Å²) in [7, 11) is 0. The first-order valence-electron chi connectivity index (χ1n) is 14.7. The molecule has 2 heterocycles. The number of anilines is 3. The van der Waals surface area contributed by atoms with E-state index in [-0.39, 0.29) is 36.6 Å². The maximum atomic E-state index is 12.1. The molecule has 37 heavy (non-hydrogen) atoms. The number of aromatic amines is 1. The normalized spacial score (nSPS) is 13.4. The number of esters is 1. The van der Waals surface area contributed by atoms with E-state index in [1.165, 1.54) is 83.5 Å². The maximum Gasteiger partial charge on any atom is 0.305 e. The van der Waals surface area contributed by atoms with E-state index in [1.54, 1.807) is 0 Å². The third-order valence-corrected chi connectivity index (χ3v) is 7.18. The number of ether oxygens (including phenoxy) is 1. The average Bonchev–Trinajstić information content (AvgIpc) is 3.28. The van der Waals surface area contributed by atoms with Gasteiger partial charge in [-0.2, -0.15) is 4.98 Å². The number of nitrogen functional groups attached to an aromatic ring is 1. The average molecular weight is 522 g/mol. The van der Waals surface area contributed by atoms with E-state index in [4.69, 9.17) is 10.5 Å². The number of H-pyrrole nitrogens is 1. The number of nitrogens with one attached hydrogen (secondary N) is 2. The molecule has 0 aromatic carbocycles. The molecule has 1 aliphatic heterocycles. The number of rotatable bonds is 22. The van der Waals surface area contributed by atoms with E-state index in [2.05, 4.69) is 22.2 Å². The summed E-state index contributed by atoms with van der Waals surface area (Å²) in [5.41, 5.74) is 5.74. The SMILES string of the molecule is CCCCCCCCCCCCCCCCCC(=O)OCCC(CO)CN1CNc2c1nc(N)[nH]c2=O. The van der Waals surface area contributed by atoms with Crippen molar-refractivity contribution in [3.63, 3.8) is 0 Å². The van der Waals surface area contributed by atoms with Crippen molar-refractivity contribution in [1.82, 2.24) is 9.97 Å². The minimum Gasteiger partial charge on any atom is -0.466 e. The van der Waals surface area contributed by atoms with E-state index in [1.807, 2.05) is 4.90 Å². The van der Waals surface area contributed by atoms with Gasteiger partial charge in [-0.25, -0.2) is 0 Å². The highest BCUT2D eigenvalue weighted by atomic mass is 16.5. The summed E-state index contributed by atoms with van der Waals surface area (Å²) < 4.78 is 5.39. The number of unbranched alkanes of at least 4 members (excludes halogenated alkanes) is 14. The minimum absolute atomic E-state index is 0.0406. The van der Waals surface area contributed by atoms with Crippen LogP contribution in [-0.2, 0) is 9.53 Å². The quantitative estimate of drug-likeness (QED) is 0.119. The minimum atomic E-state index is -0.307. The number of nitrogens with two attached hydrogens (primary N) is 1. The zero-order chi connectivity index (χ0) is 26.7. The summed E-state index contributed by atoms with van der Waals surface area (Å²) in [6.45, 7) is 3.42. The lowest BCUT2D eigenvalue weighted by Gasteiger charge is -2.23.